The third kappa shape index (κ3) is 4.38. The first-order valence-electron chi connectivity index (χ1n) is 10.5. The molecule has 2 aromatic carbocycles. The van der Waals surface area contributed by atoms with Gasteiger partial charge in [-0.15, -0.1) is 0 Å². The summed E-state index contributed by atoms with van der Waals surface area (Å²) in [6, 6.07) is 7.75. The third-order valence-electron chi connectivity index (χ3n) is 5.66. The van der Waals surface area contributed by atoms with Crippen molar-refractivity contribution in [3.05, 3.63) is 59.7 Å². The van der Waals surface area contributed by atoms with E-state index >= 15 is 0 Å². The molecule has 0 saturated carbocycles. The van der Waals surface area contributed by atoms with E-state index in [4.69, 9.17) is 0 Å². The second-order valence-corrected chi connectivity index (χ2v) is 11.2. The van der Waals surface area contributed by atoms with Crippen molar-refractivity contribution in [3.63, 3.8) is 0 Å². The maximum atomic E-state index is 13.3. The second-order valence-electron chi connectivity index (χ2n) is 9.15. The Balaban J connectivity index is 2.01. The lowest BCUT2D eigenvalue weighted by Crippen LogP contribution is -2.26. The zero-order valence-electron chi connectivity index (χ0n) is 19.2. The van der Waals surface area contributed by atoms with E-state index in [1.165, 1.54) is 29.9 Å². The average Bonchev–Trinajstić information content (AvgIpc) is 3.03. The van der Waals surface area contributed by atoms with Crippen LogP contribution in [-0.2, 0) is 23.0 Å². The molecule has 0 fully saturated rings. The summed E-state index contributed by atoms with van der Waals surface area (Å²) in [4.78, 5) is 4.38. The summed E-state index contributed by atoms with van der Waals surface area (Å²) in [6.07, 6.45) is 4.52. The molecule has 4 aromatic rings. The van der Waals surface area contributed by atoms with Crippen molar-refractivity contribution in [2.24, 2.45) is 0 Å². The van der Waals surface area contributed by atoms with E-state index in [0.29, 0.717) is 17.2 Å². The lowest BCUT2D eigenvalue weighted by Gasteiger charge is -2.21. The molecule has 0 aliphatic rings. The summed E-state index contributed by atoms with van der Waals surface area (Å²) in [5, 5.41) is 32.8. The van der Waals surface area contributed by atoms with Gasteiger partial charge in [0.2, 0.25) is 15.9 Å². The van der Waals surface area contributed by atoms with E-state index < -0.39 is 15.6 Å². The number of fused-ring (bicyclic) bond motifs is 2. The van der Waals surface area contributed by atoms with Gasteiger partial charge < -0.3 is 19.9 Å². The van der Waals surface area contributed by atoms with E-state index in [0.717, 1.165) is 21.7 Å². The third-order valence-corrected chi connectivity index (χ3v) is 6.83. The predicted octanol–water partition coefficient (Wildman–Crippen LogP) is 3.50. The van der Waals surface area contributed by atoms with Gasteiger partial charge >= 0.3 is 0 Å². The smallest absolute Gasteiger partial charge is 0.232 e. The van der Waals surface area contributed by atoms with Crippen LogP contribution in [0, 0.1) is 5.82 Å². The highest BCUT2D eigenvalue weighted by Crippen LogP contribution is 2.46. The maximum absolute atomic E-state index is 13.3. The maximum Gasteiger partial charge on any atom is 0.232 e. The Morgan fingerprint density at radius 3 is 2.35 bits per heavy atom. The first-order valence-corrected chi connectivity index (χ1v) is 12.4. The number of halogens is 1. The van der Waals surface area contributed by atoms with Gasteiger partial charge in [-0.05, 0) is 49.6 Å². The van der Waals surface area contributed by atoms with Crippen molar-refractivity contribution in [2.45, 2.75) is 32.4 Å². The number of hydrogen-bond donors (Lipinski definition) is 3. The Hall–Kier alpha value is -3.37. The van der Waals surface area contributed by atoms with Gasteiger partial charge in [0.15, 0.2) is 5.75 Å². The van der Waals surface area contributed by atoms with Gasteiger partial charge in [0.25, 0.3) is 0 Å². The standard InChI is InChI=1S/C24H26FN3O5S/c1-24(2,31)13-28-12-18-19(23(28)30)22(29)20-17(21(18)27(3)34(4,32)33)10-15(11-26-20)9-14-5-7-16(25)8-6-14/h5-8,10-12,29-31H,9,13H2,1-4H3. The molecule has 8 nitrogen and oxygen atoms in total. The van der Waals surface area contributed by atoms with Gasteiger partial charge in [-0.1, -0.05) is 12.1 Å². The molecule has 2 aromatic heterocycles. The Morgan fingerprint density at radius 2 is 1.76 bits per heavy atom. The summed E-state index contributed by atoms with van der Waals surface area (Å²) in [6.45, 7) is 3.15. The Kier molecular flexibility index (Phi) is 5.69. The number of nitrogens with zero attached hydrogens (tertiary/aromatic N) is 3. The quantitative estimate of drug-likeness (QED) is 0.383. The number of sulfonamides is 1. The largest absolute Gasteiger partial charge is 0.505 e. The van der Waals surface area contributed by atoms with Crippen LogP contribution in [0.15, 0.2) is 42.7 Å². The Labute approximate surface area is 196 Å². The van der Waals surface area contributed by atoms with Gasteiger partial charge in [-0.25, -0.2) is 12.8 Å². The molecule has 2 heterocycles. The summed E-state index contributed by atoms with van der Waals surface area (Å²) in [5.41, 5.74) is 0.743. The topological polar surface area (TPSA) is 116 Å². The Morgan fingerprint density at radius 1 is 1.12 bits per heavy atom. The van der Waals surface area contributed by atoms with Crippen LogP contribution in [0.3, 0.4) is 0 Å². The number of pyridine rings is 1. The fraction of sp³-hybridized carbons (Fsp3) is 0.292. The minimum absolute atomic E-state index is 0.00851. The van der Waals surface area contributed by atoms with Gasteiger partial charge in [-0.2, -0.15) is 0 Å². The van der Waals surface area contributed by atoms with E-state index in [-0.39, 0.29) is 40.6 Å². The number of benzene rings is 2. The van der Waals surface area contributed by atoms with Crippen LogP contribution in [0.2, 0.25) is 0 Å². The average molecular weight is 488 g/mol. The molecule has 180 valence electrons. The van der Waals surface area contributed by atoms with Crippen LogP contribution in [0.5, 0.6) is 11.6 Å². The molecule has 0 bridgehead atoms. The molecule has 0 unspecified atom stereocenters. The first-order chi connectivity index (χ1) is 15.8. The monoisotopic (exact) mass is 487 g/mol. The number of anilines is 1. The van der Waals surface area contributed by atoms with Crippen molar-refractivity contribution < 1.29 is 28.1 Å². The fourth-order valence-corrected chi connectivity index (χ4v) is 4.60. The van der Waals surface area contributed by atoms with Gasteiger partial charge in [0.1, 0.15) is 11.3 Å². The molecule has 3 N–H and O–H groups in total. The van der Waals surface area contributed by atoms with E-state index in [1.54, 1.807) is 38.2 Å². The number of aliphatic hydroxyl groups is 1. The second kappa shape index (κ2) is 8.14. The minimum atomic E-state index is -3.72. The van der Waals surface area contributed by atoms with Gasteiger partial charge in [0.05, 0.1) is 29.5 Å². The first kappa shape index (κ1) is 23.8. The number of phenolic OH excluding ortho intramolecular Hbond substituents is 1. The molecule has 0 aliphatic heterocycles. The Bertz CT molecular complexity index is 1510. The molecule has 0 atom stereocenters. The highest BCUT2D eigenvalue weighted by atomic mass is 32.2. The molecule has 0 amide bonds. The fourth-order valence-electron chi connectivity index (χ4n) is 4.08. The van der Waals surface area contributed by atoms with Crippen LogP contribution >= 0.6 is 0 Å². The molecule has 0 aliphatic carbocycles. The molecule has 10 heteroatoms. The lowest BCUT2D eigenvalue weighted by atomic mass is 10.0. The summed E-state index contributed by atoms with van der Waals surface area (Å²) >= 11 is 0. The number of aromatic nitrogens is 2. The lowest BCUT2D eigenvalue weighted by molar-refractivity contribution is 0.0594. The molecular weight excluding hydrogens is 461 g/mol. The SMILES string of the molecule is CN(c1c2cc(Cc3ccc(F)cc3)cnc2c(O)c2c(O)n(CC(C)(C)O)cc12)S(C)(=O)=O. The van der Waals surface area contributed by atoms with Gasteiger partial charge in [0, 0.05) is 30.2 Å². The van der Waals surface area contributed by atoms with Crippen molar-refractivity contribution >= 4 is 37.4 Å². The van der Waals surface area contributed by atoms with Crippen LogP contribution in [0.4, 0.5) is 10.1 Å². The van der Waals surface area contributed by atoms with E-state index in [1.807, 2.05) is 0 Å². The van der Waals surface area contributed by atoms with Crippen molar-refractivity contribution in [1.29, 1.82) is 0 Å². The van der Waals surface area contributed by atoms with E-state index in [2.05, 4.69) is 4.98 Å². The van der Waals surface area contributed by atoms with E-state index in [9.17, 15) is 28.1 Å². The molecular formula is C24H26FN3O5S. The number of hydrogen-bond acceptors (Lipinski definition) is 6. The van der Waals surface area contributed by atoms with Crippen LogP contribution in [-0.4, -0.2) is 52.2 Å². The summed E-state index contributed by atoms with van der Waals surface area (Å²) in [7, 11) is -2.34. The molecule has 4 rings (SSSR count). The summed E-state index contributed by atoms with van der Waals surface area (Å²) < 4.78 is 40.8. The van der Waals surface area contributed by atoms with Crippen molar-refractivity contribution in [2.75, 3.05) is 17.6 Å². The predicted molar refractivity (Wildman–Crippen MR) is 129 cm³/mol. The van der Waals surface area contributed by atoms with Gasteiger partial charge in [-0.3, -0.25) is 9.29 Å². The zero-order valence-corrected chi connectivity index (χ0v) is 20.1. The minimum Gasteiger partial charge on any atom is -0.505 e. The van der Waals surface area contributed by atoms with Crippen molar-refractivity contribution in [1.82, 2.24) is 9.55 Å². The number of phenols is 1. The number of rotatable bonds is 6. The zero-order chi connectivity index (χ0) is 25.0. The normalized spacial score (nSPS) is 12.5. The van der Waals surface area contributed by atoms with Crippen LogP contribution in [0.1, 0.15) is 25.0 Å². The summed E-state index contributed by atoms with van der Waals surface area (Å²) in [5.74, 6) is -0.951. The molecule has 0 radical (unpaired) electrons. The highest BCUT2D eigenvalue weighted by Gasteiger charge is 2.27. The van der Waals surface area contributed by atoms with Crippen LogP contribution < -0.4 is 4.31 Å². The molecule has 0 saturated heterocycles. The molecule has 34 heavy (non-hydrogen) atoms. The molecule has 0 spiro atoms. The van der Waals surface area contributed by atoms with Crippen molar-refractivity contribution in [3.8, 4) is 11.6 Å². The number of aromatic hydroxyl groups is 2. The van der Waals surface area contributed by atoms with Crippen LogP contribution in [0.25, 0.3) is 21.7 Å². The highest BCUT2D eigenvalue weighted by molar-refractivity contribution is 7.92.